The standard InChI is InChI=1S/C8H10ClNO2/c1-12-8-4-6(2-3-10-8)7(11)5-9/h2-3,6H,4-5H2,1H3. The van der Waals surface area contributed by atoms with Crippen LogP contribution in [0.3, 0.4) is 0 Å². The highest BCUT2D eigenvalue weighted by atomic mass is 35.5. The number of halogens is 1. The van der Waals surface area contributed by atoms with E-state index in [1.165, 1.54) is 0 Å². The van der Waals surface area contributed by atoms with E-state index in [1.54, 1.807) is 19.4 Å². The van der Waals surface area contributed by atoms with Crippen molar-refractivity contribution < 1.29 is 9.53 Å². The van der Waals surface area contributed by atoms with Crippen LogP contribution in [0.2, 0.25) is 0 Å². The van der Waals surface area contributed by atoms with E-state index in [-0.39, 0.29) is 17.6 Å². The maximum Gasteiger partial charge on any atom is 0.188 e. The van der Waals surface area contributed by atoms with Gasteiger partial charge in [0.25, 0.3) is 0 Å². The first-order chi connectivity index (χ1) is 5.77. The van der Waals surface area contributed by atoms with Crippen molar-refractivity contribution in [3.05, 3.63) is 12.3 Å². The maximum atomic E-state index is 11.1. The molecule has 0 aromatic rings. The number of aliphatic imine (C=N–C) groups is 1. The number of ketones is 1. The summed E-state index contributed by atoms with van der Waals surface area (Å²) in [5.41, 5.74) is 0. The van der Waals surface area contributed by atoms with Crippen molar-refractivity contribution in [3.8, 4) is 0 Å². The number of rotatable bonds is 2. The molecular formula is C8H10ClNO2. The molecule has 4 heteroatoms. The molecule has 1 unspecified atom stereocenters. The van der Waals surface area contributed by atoms with Crippen molar-refractivity contribution in [2.45, 2.75) is 6.42 Å². The number of allylic oxidation sites excluding steroid dienone is 1. The first-order valence-corrected chi connectivity index (χ1v) is 4.17. The lowest BCUT2D eigenvalue weighted by Gasteiger charge is -2.13. The summed E-state index contributed by atoms with van der Waals surface area (Å²) < 4.78 is 4.92. The second kappa shape index (κ2) is 4.26. The number of Topliss-reactive ketones (excluding diaryl/α,β-unsaturated/α-hetero) is 1. The van der Waals surface area contributed by atoms with Crippen molar-refractivity contribution in [3.63, 3.8) is 0 Å². The van der Waals surface area contributed by atoms with Crippen molar-refractivity contribution in [2.75, 3.05) is 13.0 Å². The summed E-state index contributed by atoms with van der Waals surface area (Å²) in [5, 5.41) is 0. The Bertz CT molecular complexity index is 235. The van der Waals surface area contributed by atoms with Gasteiger partial charge in [0, 0.05) is 18.5 Å². The molecule has 0 fully saturated rings. The molecule has 1 heterocycles. The molecule has 0 radical (unpaired) electrons. The van der Waals surface area contributed by atoms with Crippen LogP contribution < -0.4 is 0 Å². The summed E-state index contributed by atoms with van der Waals surface area (Å²) in [6.07, 6.45) is 3.85. The van der Waals surface area contributed by atoms with Gasteiger partial charge >= 0.3 is 0 Å². The average Bonchev–Trinajstić information content (AvgIpc) is 2.17. The fraction of sp³-hybridized carbons (Fsp3) is 0.500. The van der Waals surface area contributed by atoms with Crippen molar-refractivity contribution >= 4 is 23.3 Å². The van der Waals surface area contributed by atoms with E-state index in [1.807, 2.05) is 0 Å². The third-order valence-corrected chi connectivity index (χ3v) is 1.98. The van der Waals surface area contributed by atoms with E-state index in [2.05, 4.69) is 4.99 Å². The van der Waals surface area contributed by atoms with E-state index < -0.39 is 0 Å². The lowest BCUT2D eigenvalue weighted by atomic mass is 10.00. The molecule has 0 N–H and O–H groups in total. The van der Waals surface area contributed by atoms with E-state index in [4.69, 9.17) is 16.3 Å². The number of hydrogen-bond donors (Lipinski definition) is 0. The first kappa shape index (κ1) is 9.26. The average molecular weight is 188 g/mol. The zero-order chi connectivity index (χ0) is 8.97. The molecule has 66 valence electrons. The molecular weight excluding hydrogens is 178 g/mol. The van der Waals surface area contributed by atoms with Crippen LogP contribution >= 0.6 is 11.6 Å². The number of carbonyl (C=O) groups excluding carboxylic acids is 1. The Hall–Kier alpha value is -0.830. The number of alkyl halides is 1. The Kier molecular flexibility index (Phi) is 3.29. The van der Waals surface area contributed by atoms with Crippen LogP contribution in [0.4, 0.5) is 0 Å². The summed E-state index contributed by atoms with van der Waals surface area (Å²) in [6, 6.07) is 0. The zero-order valence-corrected chi connectivity index (χ0v) is 7.54. The first-order valence-electron chi connectivity index (χ1n) is 3.64. The molecule has 0 saturated heterocycles. The maximum absolute atomic E-state index is 11.1. The van der Waals surface area contributed by atoms with Gasteiger partial charge in [0.05, 0.1) is 13.0 Å². The third-order valence-electron chi connectivity index (χ3n) is 1.71. The van der Waals surface area contributed by atoms with E-state index in [0.717, 1.165) is 0 Å². The van der Waals surface area contributed by atoms with Gasteiger partial charge in [-0.1, -0.05) is 6.08 Å². The van der Waals surface area contributed by atoms with Crippen LogP contribution in [0.1, 0.15) is 6.42 Å². The zero-order valence-electron chi connectivity index (χ0n) is 6.79. The Morgan fingerprint density at radius 1 is 1.92 bits per heavy atom. The second-order valence-electron chi connectivity index (χ2n) is 2.48. The van der Waals surface area contributed by atoms with Crippen molar-refractivity contribution in [2.24, 2.45) is 10.9 Å². The van der Waals surface area contributed by atoms with Gasteiger partial charge in [0.15, 0.2) is 11.7 Å². The lowest BCUT2D eigenvalue weighted by Crippen LogP contribution is -2.20. The summed E-state index contributed by atoms with van der Waals surface area (Å²) >= 11 is 5.41. The minimum atomic E-state index is -0.157. The molecule has 0 spiro atoms. The van der Waals surface area contributed by atoms with Gasteiger partial charge in [-0.25, -0.2) is 4.99 Å². The SMILES string of the molecule is COC1=NC=CC(C(=O)CCl)C1. The van der Waals surface area contributed by atoms with Crippen molar-refractivity contribution in [1.82, 2.24) is 0 Å². The number of carbonyl (C=O) groups is 1. The Morgan fingerprint density at radius 2 is 2.67 bits per heavy atom. The van der Waals surface area contributed by atoms with Gasteiger partial charge < -0.3 is 4.74 Å². The van der Waals surface area contributed by atoms with Gasteiger partial charge in [0.1, 0.15) is 0 Å². The van der Waals surface area contributed by atoms with E-state index in [0.29, 0.717) is 12.3 Å². The van der Waals surface area contributed by atoms with Gasteiger partial charge in [-0.05, 0) is 0 Å². The molecule has 0 bridgehead atoms. The lowest BCUT2D eigenvalue weighted by molar-refractivity contribution is -0.119. The Labute approximate surface area is 76.1 Å². The van der Waals surface area contributed by atoms with Crippen LogP contribution in [-0.4, -0.2) is 24.7 Å². The summed E-state index contributed by atoms with van der Waals surface area (Å²) in [5.74, 6) is 0.486. The predicted molar refractivity (Wildman–Crippen MR) is 47.4 cm³/mol. The monoisotopic (exact) mass is 187 g/mol. The minimum absolute atomic E-state index is 0.0115. The molecule has 1 atom stereocenters. The molecule has 0 saturated carbocycles. The predicted octanol–water partition coefficient (Wildman–Crippen LogP) is 1.37. The third kappa shape index (κ3) is 2.08. The van der Waals surface area contributed by atoms with Crippen molar-refractivity contribution in [1.29, 1.82) is 0 Å². The topological polar surface area (TPSA) is 38.7 Å². The number of ether oxygens (including phenoxy) is 1. The van der Waals surface area contributed by atoms with Crippen LogP contribution in [-0.2, 0) is 9.53 Å². The minimum Gasteiger partial charge on any atom is -0.484 e. The summed E-state index contributed by atoms with van der Waals surface area (Å²) in [4.78, 5) is 15.1. The molecule has 0 aliphatic carbocycles. The highest BCUT2D eigenvalue weighted by Crippen LogP contribution is 2.14. The summed E-state index contributed by atoms with van der Waals surface area (Å²) in [7, 11) is 1.54. The largest absolute Gasteiger partial charge is 0.484 e. The van der Waals surface area contributed by atoms with Gasteiger partial charge in [-0.2, -0.15) is 0 Å². The van der Waals surface area contributed by atoms with Crippen LogP contribution in [0.25, 0.3) is 0 Å². The van der Waals surface area contributed by atoms with Gasteiger partial charge in [0.2, 0.25) is 0 Å². The fourth-order valence-corrected chi connectivity index (χ4v) is 1.19. The number of nitrogens with zero attached hydrogens (tertiary/aromatic N) is 1. The molecule has 0 aromatic heterocycles. The van der Waals surface area contributed by atoms with Crippen LogP contribution in [0.5, 0.6) is 0 Å². The molecule has 12 heavy (non-hydrogen) atoms. The van der Waals surface area contributed by atoms with Gasteiger partial charge in [-0.3, -0.25) is 4.79 Å². The van der Waals surface area contributed by atoms with Crippen LogP contribution in [0, 0.1) is 5.92 Å². The van der Waals surface area contributed by atoms with Crippen LogP contribution in [0.15, 0.2) is 17.3 Å². The van der Waals surface area contributed by atoms with Gasteiger partial charge in [-0.15, -0.1) is 11.6 Å². The normalized spacial score (nSPS) is 21.8. The summed E-state index contributed by atoms with van der Waals surface area (Å²) in [6.45, 7) is 0. The molecule has 0 aromatic carbocycles. The molecule has 1 aliphatic heterocycles. The quantitative estimate of drug-likeness (QED) is 0.613. The molecule has 1 rings (SSSR count). The molecule has 0 amide bonds. The molecule has 3 nitrogen and oxygen atoms in total. The van der Waals surface area contributed by atoms with E-state index in [9.17, 15) is 4.79 Å². The fourth-order valence-electron chi connectivity index (χ4n) is 0.995. The highest BCUT2D eigenvalue weighted by Gasteiger charge is 2.19. The van der Waals surface area contributed by atoms with E-state index >= 15 is 0 Å². The number of methoxy groups -OCH3 is 1. The second-order valence-corrected chi connectivity index (χ2v) is 2.75. The smallest absolute Gasteiger partial charge is 0.188 e. The highest BCUT2D eigenvalue weighted by molar-refractivity contribution is 6.28. The molecule has 1 aliphatic rings. The Balaban J connectivity index is 2.59. The Morgan fingerprint density at radius 3 is 3.25 bits per heavy atom. The number of hydrogen-bond acceptors (Lipinski definition) is 3.